The van der Waals surface area contributed by atoms with Crippen LogP contribution in [-0.2, 0) is 38.1 Å². The van der Waals surface area contributed by atoms with Gasteiger partial charge in [-0.2, -0.15) is 0 Å². The summed E-state index contributed by atoms with van der Waals surface area (Å²) in [5.74, 6) is -3.52. The van der Waals surface area contributed by atoms with Crippen molar-refractivity contribution >= 4 is 23.9 Å². The topological polar surface area (TPSA) is 129 Å². The van der Waals surface area contributed by atoms with Crippen molar-refractivity contribution in [3.8, 4) is 0 Å². The lowest BCUT2D eigenvalue weighted by Gasteiger charge is -2.33. The second-order valence-corrected chi connectivity index (χ2v) is 5.09. The molecule has 1 N–H and O–H groups in total. The molecule has 1 aliphatic heterocycles. The highest BCUT2D eigenvalue weighted by Gasteiger charge is 2.23. The van der Waals surface area contributed by atoms with Gasteiger partial charge >= 0.3 is 23.9 Å². The van der Waals surface area contributed by atoms with Crippen molar-refractivity contribution in [1.29, 1.82) is 0 Å². The molecule has 1 rings (SSSR count). The Balaban J connectivity index is 2.57. The Hall–Kier alpha value is -2.72. The van der Waals surface area contributed by atoms with Crippen LogP contribution in [0.15, 0.2) is 24.3 Å². The molecule has 0 saturated carbocycles. The van der Waals surface area contributed by atoms with Crippen LogP contribution in [-0.4, -0.2) is 86.6 Å². The minimum absolute atomic E-state index is 0.0831. The quantitative estimate of drug-likeness (QED) is 0.311. The number of nitrogens with zero attached hydrogens (tertiary/aromatic N) is 1. The molecule has 10 nitrogen and oxygen atoms in total. The number of morpholine rings is 1. The van der Waals surface area contributed by atoms with Crippen molar-refractivity contribution in [1.82, 2.24) is 4.90 Å². The number of aliphatic carboxylic acids is 1. The third-order valence-electron chi connectivity index (χ3n) is 3.32. The molecule has 144 valence electrons. The standard InChI is InChI=1S/C16H21NO9/c1-23-14(20)4-5-16(22)26-11-12(17-6-8-24-9-7-17)10-25-15(21)3-2-13(18)19/h2-5,12H,6-11H2,1H3,(H,18,19)/b3-2+,5-4+. The molecule has 0 spiro atoms. The molecule has 0 aromatic rings. The van der Waals surface area contributed by atoms with E-state index in [-0.39, 0.29) is 13.2 Å². The number of carbonyl (C=O) groups is 4. The van der Waals surface area contributed by atoms with Crippen molar-refractivity contribution in [3.63, 3.8) is 0 Å². The van der Waals surface area contributed by atoms with E-state index in [4.69, 9.17) is 19.3 Å². The molecule has 10 heteroatoms. The maximum Gasteiger partial charge on any atom is 0.331 e. The minimum atomic E-state index is -1.27. The number of carboxylic acid groups (broad SMARTS) is 1. The zero-order valence-corrected chi connectivity index (χ0v) is 14.3. The second-order valence-electron chi connectivity index (χ2n) is 5.09. The molecule has 0 aliphatic carbocycles. The van der Waals surface area contributed by atoms with Gasteiger partial charge in [-0.3, -0.25) is 4.90 Å². The van der Waals surface area contributed by atoms with E-state index in [9.17, 15) is 19.2 Å². The molecular weight excluding hydrogens is 350 g/mol. The van der Waals surface area contributed by atoms with Gasteiger partial charge < -0.3 is 24.1 Å². The van der Waals surface area contributed by atoms with Crippen LogP contribution >= 0.6 is 0 Å². The van der Waals surface area contributed by atoms with Gasteiger partial charge in [0.1, 0.15) is 13.2 Å². The average Bonchev–Trinajstić information content (AvgIpc) is 2.65. The molecule has 1 heterocycles. The monoisotopic (exact) mass is 371 g/mol. The van der Waals surface area contributed by atoms with Crippen molar-refractivity contribution < 1.29 is 43.2 Å². The van der Waals surface area contributed by atoms with Gasteiger partial charge in [-0.1, -0.05) is 0 Å². The molecule has 26 heavy (non-hydrogen) atoms. The summed E-state index contributed by atoms with van der Waals surface area (Å²) in [5, 5.41) is 8.48. The Morgan fingerprint density at radius 3 is 1.96 bits per heavy atom. The van der Waals surface area contributed by atoms with E-state index in [1.165, 1.54) is 7.11 Å². The lowest BCUT2D eigenvalue weighted by molar-refractivity contribution is -0.146. The molecule has 0 bridgehead atoms. The highest BCUT2D eigenvalue weighted by atomic mass is 16.5. The van der Waals surface area contributed by atoms with E-state index in [2.05, 4.69) is 4.74 Å². The smallest absolute Gasteiger partial charge is 0.331 e. The number of methoxy groups -OCH3 is 1. The SMILES string of the molecule is COC(=O)/C=C/C(=O)OCC(COC(=O)/C=C/C(=O)O)N1CCOCC1. The summed E-state index contributed by atoms with van der Waals surface area (Å²) >= 11 is 0. The van der Waals surface area contributed by atoms with Gasteiger partial charge in [0.15, 0.2) is 0 Å². The Morgan fingerprint density at radius 1 is 0.962 bits per heavy atom. The molecule has 1 atom stereocenters. The molecule has 1 fully saturated rings. The van der Waals surface area contributed by atoms with Crippen LogP contribution in [0.4, 0.5) is 0 Å². The normalized spacial score (nSPS) is 16.3. The van der Waals surface area contributed by atoms with Crippen LogP contribution in [0, 0.1) is 0 Å². The highest BCUT2D eigenvalue weighted by molar-refractivity contribution is 5.91. The summed E-state index contributed by atoms with van der Waals surface area (Å²) in [4.78, 5) is 46.4. The van der Waals surface area contributed by atoms with Gasteiger partial charge in [0, 0.05) is 37.4 Å². The van der Waals surface area contributed by atoms with Crippen LogP contribution in [0.3, 0.4) is 0 Å². The summed E-state index contributed by atoms with van der Waals surface area (Å²) in [6.45, 7) is 1.90. The zero-order valence-electron chi connectivity index (χ0n) is 14.3. The Labute approximate surface area is 149 Å². The fourth-order valence-corrected chi connectivity index (χ4v) is 2.00. The van der Waals surface area contributed by atoms with Gasteiger partial charge in [-0.25, -0.2) is 19.2 Å². The van der Waals surface area contributed by atoms with Crippen molar-refractivity contribution in [2.75, 3.05) is 46.6 Å². The molecule has 1 aliphatic rings. The number of carbonyl (C=O) groups excluding carboxylic acids is 3. The first-order chi connectivity index (χ1) is 12.4. The van der Waals surface area contributed by atoms with Crippen LogP contribution in [0.25, 0.3) is 0 Å². The van der Waals surface area contributed by atoms with Crippen LogP contribution < -0.4 is 0 Å². The molecule has 1 saturated heterocycles. The molecule has 0 aromatic heterocycles. The third-order valence-corrected chi connectivity index (χ3v) is 3.32. The summed E-state index contributed by atoms with van der Waals surface area (Å²) in [6, 6.07) is -0.434. The molecule has 0 amide bonds. The highest BCUT2D eigenvalue weighted by Crippen LogP contribution is 2.06. The summed E-state index contributed by atoms with van der Waals surface area (Å²) in [7, 11) is 1.18. The van der Waals surface area contributed by atoms with Crippen LogP contribution in [0.2, 0.25) is 0 Å². The van der Waals surface area contributed by atoms with Crippen molar-refractivity contribution in [2.45, 2.75) is 6.04 Å². The molecule has 0 aromatic carbocycles. The van der Waals surface area contributed by atoms with E-state index in [1.807, 2.05) is 4.90 Å². The van der Waals surface area contributed by atoms with Gasteiger partial charge in [-0.05, 0) is 0 Å². The van der Waals surface area contributed by atoms with Crippen molar-refractivity contribution in [2.24, 2.45) is 0 Å². The zero-order chi connectivity index (χ0) is 19.4. The average molecular weight is 371 g/mol. The largest absolute Gasteiger partial charge is 0.478 e. The first-order valence-electron chi connectivity index (χ1n) is 7.74. The number of hydrogen-bond donors (Lipinski definition) is 1. The van der Waals surface area contributed by atoms with E-state index >= 15 is 0 Å². The Morgan fingerprint density at radius 2 is 1.46 bits per heavy atom. The summed E-state index contributed by atoms with van der Waals surface area (Å²) in [5.41, 5.74) is 0. The van der Waals surface area contributed by atoms with Gasteiger partial charge in [-0.15, -0.1) is 0 Å². The molecular formula is C16H21NO9. The fraction of sp³-hybridized carbons (Fsp3) is 0.500. The maximum absolute atomic E-state index is 11.6. The first kappa shape index (κ1) is 21.3. The Bertz CT molecular complexity index is 564. The number of rotatable bonds is 9. The van der Waals surface area contributed by atoms with Gasteiger partial charge in [0.25, 0.3) is 0 Å². The lowest BCUT2D eigenvalue weighted by Crippen LogP contribution is -2.48. The molecule has 1 unspecified atom stereocenters. The second kappa shape index (κ2) is 11.8. The minimum Gasteiger partial charge on any atom is -0.478 e. The third kappa shape index (κ3) is 8.94. The lowest BCUT2D eigenvalue weighted by atomic mass is 10.2. The van der Waals surface area contributed by atoms with Crippen LogP contribution in [0.5, 0.6) is 0 Å². The summed E-state index contributed by atoms with van der Waals surface area (Å²) in [6.07, 6.45) is 3.33. The molecule has 0 radical (unpaired) electrons. The first-order valence-corrected chi connectivity index (χ1v) is 7.74. The van der Waals surface area contributed by atoms with E-state index < -0.39 is 29.9 Å². The number of carboxylic acids is 1. The van der Waals surface area contributed by atoms with E-state index in [1.54, 1.807) is 0 Å². The van der Waals surface area contributed by atoms with E-state index in [0.717, 1.165) is 18.2 Å². The summed E-state index contributed by atoms with van der Waals surface area (Å²) < 4.78 is 19.7. The van der Waals surface area contributed by atoms with Crippen LogP contribution in [0.1, 0.15) is 0 Å². The van der Waals surface area contributed by atoms with Gasteiger partial charge in [0.05, 0.1) is 26.4 Å². The maximum atomic E-state index is 11.6. The van der Waals surface area contributed by atoms with E-state index in [0.29, 0.717) is 32.4 Å². The Kier molecular flexibility index (Phi) is 9.65. The predicted octanol–water partition coefficient (Wildman–Crippen LogP) is -0.856. The number of ether oxygens (including phenoxy) is 4. The fourth-order valence-electron chi connectivity index (χ4n) is 2.00. The van der Waals surface area contributed by atoms with Crippen molar-refractivity contribution in [3.05, 3.63) is 24.3 Å². The number of esters is 3. The van der Waals surface area contributed by atoms with Gasteiger partial charge in [0.2, 0.25) is 0 Å². The predicted molar refractivity (Wildman–Crippen MR) is 86.0 cm³/mol. The number of hydrogen-bond acceptors (Lipinski definition) is 9.